The van der Waals surface area contributed by atoms with Crippen molar-refractivity contribution in [3.63, 3.8) is 0 Å². The molecule has 1 aromatic carbocycles. The minimum Gasteiger partial charge on any atom is -0.329 e. The summed E-state index contributed by atoms with van der Waals surface area (Å²) in [4.78, 5) is 2.10. The fraction of sp³-hybridized carbons (Fsp3) is 0.538. The first-order valence-electron chi connectivity index (χ1n) is 6.08. The second kappa shape index (κ2) is 5.10. The number of nitrogens with zero attached hydrogens (tertiary/aromatic N) is 1. The second-order valence-corrected chi connectivity index (χ2v) is 4.45. The van der Waals surface area contributed by atoms with E-state index in [1.807, 2.05) is 6.92 Å². The van der Waals surface area contributed by atoms with Crippen LogP contribution >= 0.6 is 0 Å². The van der Waals surface area contributed by atoms with E-state index >= 15 is 0 Å². The maximum Gasteiger partial charge on any atom is 0.130 e. The molecule has 0 aromatic heterocycles. The minimum atomic E-state index is -0.500. The molecular formula is C13H18F2N2. The Morgan fingerprint density at radius 1 is 1.35 bits per heavy atom. The first kappa shape index (κ1) is 12.5. The Balaban J connectivity index is 2.33. The molecule has 1 aromatic rings. The molecule has 2 N–H and O–H groups in total. The van der Waals surface area contributed by atoms with Gasteiger partial charge in [0.25, 0.3) is 0 Å². The molecule has 17 heavy (non-hydrogen) atoms. The highest BCUT2D eigenvalue weighted by molar-refractivity contribution is 5.24. The predicted molar refractivity (Wildman–Crippen MR) is 63.6 cm³/mol. The van der Waals surface area contributed by atoms with Gasteiger partial charge in [-0.2, -0.15) is 0 Å². The summed E-state index contributed by atoms with van der Waals surface area (Å²) in [5.74, 6) is -1.00. The van der Waals surface area contributed by atoms with Crippen molar-refractivity contribution in [3.8, 4) is 0 Å². The molecule has 0 bridgehead atoms. The summed E-state index contributed by atoms with van der Waals surface area (Å²) in [6.45, 7) is 3.00. The lowest BCUT2D eigenvalue weighted by molar-refractivity contribution is 0.193. The van der Waals surface area contributed by atoms with Crippen LogP contribution in [-0.2, 0) is 0 Å². The third kappa shape index (κ3) is 2.48. The van der Waals surface area contributed by atoms with Crippen LogP contribution in [0.5, 0.6) is 0 Å². The van der Waals surface area contributed by atoms with Crippen molar-refractivity contribution >= 4 is 0 Å². The molecule has 0 amide bonds. The molecule has 0 heterocycles. The summed E-state index contributed by atoms with van der Waals surface area (Å²) in [5, 5.41) is 0. The van der Waals surface area contributed by atoms with Crippen LogP contribution in [0.3, 0.4) is 0 Å². The van der Waals surface area contributed by atoms with E-state index in [4.69, 9.17) is 5.73 Å². The van der Waals surface area contributed by atoms with Crippen LogP contribution in [0.1, 0.15) is 31.4 Å². The monoisotopic (exact) mass is 240 g/mol. The van der Waals surface area contributed by atoms with Crippen LogP contribution in [0.4, 0.5) is 8.78 Å². The Kier molecular flexibility index (Phi) is 3.74. The van der Waals surface area contributed by atoms with Gasteiger partial charge < -0.3 is 5.73 Å². The van der Waals surface area contributed by atoms with Crippen molar-refractivity contribution in [1.82, 2.24) is 4.90 Å². The maximum atomic E-state index is 13.7. The number of halogens is 2. The SMILES string of the molecule is CCN(C1CC1)C(CN)c1c(F)cccc1F. The van der Waals surface area contributed by atoms with Crippen LogP contribution < -0.4 is 5.73 Å². The number of nitrogens with two attached hydrogens (primary N) is 1. The smallest absolute Gasteiger partial charge is 0.130 e. The number of benzene rings is 1. The molecule has 1 fully saturated rings. The van der Waals surface area contributed by atoms with Crippen LogP contribution in [0, 0.1) is 11.6 Å². The van der Waals surface area contributed by atoms with Gasteiger partial charge in [0.15, 0.2) is 0 Å². The molecule has 2 nitrogen and oxygen atoms in total. The number of rotatable bonds is 5. The Bertz CT molecular complexity index is 371. The highest BCUT2D eigenvalue weighted by Gasteiger charge is 2.35. The average molecular weight is 240 g/mol. The van der Waals surface area contributed by atoms with Crippen molar-refractivity contribution in [1.29, 1.82) is 0 Å². The van der Waals surface area contributed by atoms with Gasteiger partial charge in [-0.15, -0.1) is 0 Å². The number of hydrogen-bond acceptors (Lipinski definition) is 2. The Morgan fingerprint density at radius 2 is 1.94 bits per heavy atom. The maximum absolute atomic E-state index is 13.7. The van der Waals surface area contributed by atoms with Gasteiger partial charge in [0, 0.05) is 18.2 Å². The van der Waals surface area contributed by atoms with Crippen molar-refractivity contribution < 1.29 is 8.78 Å². The van der Waals surface area contributed by atoms with E-state index in [1.165, 1.54) is 18.2 Å². The van der Waals surface area contributed by atoms with Crippen molar-refractivity contribution in [2.24, 2.45) is 5.73 Å². The summed E-state index contributed by atoms with van der Waals surface area (Å²) in [6, 6.07) is 4.06. The molecule has 0 spiro atoms. The molecule has 0 aliphatic heterocycles. The quantitative estimate of drug-likeness (QED) is 0.856. The molecular weight excluding hydrogens is 222 g/mol. The lowest BCUT2D eigenvalue weighted by Crippen LogP contribution is -2.36. The molecule has 0 radical (unpaired) electrons. The molecule has 1 unspecified atom stereocenters. The van der Waals surface area contributed by atoms with E-state index in [-0.39, 0.29) is 18.2 Å². The molecule has 1 saturated carbocycles. The molecule has 1 aliphatic carbocycles. The Labute approximate surface area is 100 Å². The number of hydrogen-bond donors (Lipinski definition) is 1. The first-order valence-corrected chi connectivity index (χ1v) is 6.08. The van der Waals surface area contributed by atoms with Crippen LogP contribution in [0.25, 0.3) is 0 Å². The first-order chi connectivity index (χ1) is 8.19. The third-order valence-corrected chi connectivity index (χ3v) is 3.34. The van der Waals surface area contributed by atoms with Crippen molar-refractivity contribution in [3.05, 3.63) is 35.4 Å². The summed E-state index contributed by atoms with van der Waals surface area (Å²) < 4.78 is 27.5. The highest BCUT2D eigenvalue weighted by atomic mass is 19.1. The van der Waals surface area contributed by atoms with Crippen molar-refractivity contribution in [2.75, 3.05) is 13.1 Å². The van der Waals surface area contributed by atoms with E-state index in [1.54, 1.807) is 0 Å². The topological polar surface area (TPSA) is 29.3 Å². The zero-order valence-electron chi connectivity index (χ0n) is 10.00. The molecule has 1 aliphatic rings. The van der Waals surface area contributed by atoms with E-state index in [0.29, 0.717) is 6.04 Å². The Morgan fingerprint density at radius 3 is 2.35 bits per heavy atom. The molecule has 2 rings (SSSR count). The van der Waals surface area contributed by atoms with E-state index < -0.39 is 11.6 Å². The van der Waals surface area contributed by atoms with E-state index in [0.717, 1.165) is 19.4 Å². The molecule has 94 valence electrons. The zero-order chi connectivity index (χ0) is 12.4. The summed E-state index contributed by atoms with van der Waals surface area (Å²) in [6.07, 6.45) is 2.20. The normalized spacial score (nSPS) is 17.5. The lowest BCUT2D eigenvalue weighted by atomic mass is 10.0. The molecule has 1 atom stereocenters. The largest absolute Gasteiger partial charge is 0.329 e. The third-order valence-electron chi connectivity index (χ3n) is 3.34. The Hall–Kier alpha value is -1.00. The summed E-state index contributed by atoms with van der Waals surface area (Å²) >= 11 is 0. The second-order valence-electron chi connectivity index (χ2n) is 4.45. The van der Waals surface area contributed by atoms with E-state index in [9.17, 15) is 8.78 Å². The predicted octanol–water partition coefficient (Wildman–Crippen LogP) is 2.45. The van der Waals surface area contributed by atoms with Gasteiger partial charge in [-0.3, -0.25) is 4.90 Å². The molecule has 0 saturated heterocycles. The summed E-state index contributed by atoms with van der Waals surface area (Å²) in [7, 11) is 0. The van der Waals surface area contributed by atoms with Gasteiger partial charge in [0.05, 0.1) is 6.04 Å². The van der Waals surface area contributed by atoms with Gasteiger partial charge in [0.2, 0.25) is 0 Å². The van der Waals surface area contributed by atoms with Crippen LogP contribution in [0.2, 0.25) is 0 Å². The van der Waals surface area contributed by atoms with Gasteiger partial charge in [-0.05, 0) is 31.5 Å². The van der Waals surface area contributed by atoms with E-state index in [2.05, 4.69) is 4.90 Å². The average Bonchev–Trinajstić information content (AvgIpc) is 3.11. The summed E-state index contributed by atoms with van der Waals surface area (Å²) in [5.41, 5.74) is 5.82. The van der Waals surface area contributed by atoms with Gasteiger partial charge in [-0.1, -0.05) is 13.0 Å². The van der Waals surface area contributed by atoms with Crippen LogP contribution in [0.15, 0.2) is 18.2 Å². The minimum absolute atomic E-state index is 0.115. The lowest BCUT2D eigenvalue weighted by Gasteiger charge is -2.30. The molecule has 4 heteroatoms. The van der Waals surface area contributed by atoms with Gasteiger partial charge in [-0.25, -0.2) is 8.78 Å². The highest BCUT2D eigenvalue weighted by Crippen LogP contribution is 2.35. The van der Waals surface area contributed by atoms with Gasteiger partial charge >= 0.3 is 0 Å². The fourth-order valence-electron chi connectivity index (χ4n) is 2.39. The van der Waals surface area contributed by atoms with Crippen molar-refractivity contribution in [2.45, 2.75) is 31.8 Å². The standard InChI is InChI=1S/C13H18F2N2/c1-2-17(9-6-7-9)12(8-16)13-10(14)4-3-5-11(13)15/h3-5,9,12H,2,6-8,16H2,1H3. The zero-order valence-corrected chi connectivity index (χ0v) is 10.00. The number of likely N-dealkylation sites (N-methyl/N-ethyl adjacent to an activating group) is 1. The fourth-order valence-corrected chi connectivity index (χ4v) is 2.39. The van der Waals surface area contributed by atoms with Crippen LogP contribution in [-0.4, -0.2) is 24.0 Å². The van der Waals surface area contributed by atoms with Gasteiger partial charge in [0.1, 0.15) is 11.6 Å².